The first-order valence-corrected chi connectivity index (χ1v) is 9.20. The van der Waals surface area contributed by atoms with E-state index in [4.69, 9.17) is 4.74 Å². The van der Waals surface area contributed by atoms with E-state index >= 15 is 0 Å². The largest absolute Gasteiger partial charge is 0.492 e. The number of nitrogens with zero attached hydrogens (tertiary/aromatic N) is 2. The number of halogens is 1. The second-order valence-electron chi connectivity index (χ2n) is 6.46. The van der Waals surface area contributed by atoms with Gasteiger partial charge in [0.25, 0.3) is 0 Å². The number of para-hydroxylation sites is 2. The molecule has 3 rings (SSSR count). The van der Waals surface area contributed by atoms with Crippen molar-refractivity contribution in [2.45, 2.75) is 19.8 Å². The van der Waals surface area contributed by atoms with Crippen molar-refractivity contribution < 1.29 is 9.13 Å². The molecule has 0 N–H and O–H groups in total. The van der Waals surface area contributed by atoms with Gasteiger partial charge < -0.3 is 9.64 Å². The Kier molecular flexibility index (Phi) is 6.29. The molecule has 0 radical (unpaired) electrons. The molecule has 1 aliphatic rings. The van der Waals surface area contributed by atoms with E-state index in [1.54, 1.807) is 12.1 Å². The van der Waals surface area contributed by atoms with Crippen molar-refractivity contribution in [3.8, 4) is 5.75 Å². The molecule has 0 amide bonds. The molecule has 0 saturated carbocycles. The molecule has 0 spiro atoms. The lowest BCUT2D eigenvalue weighted by molar-refractivity contribution is 0.253. The van der Waals surface area contributed by atoms with E-state index in [1.807, 2.05) is 31.2 Å². The lowest BCUT2D eigenvalue weighted by Crippen LogP contribution is -2.46. The summed E-state index contributed by atoms with van der Waals surface area (Å²) in [6, 6.07) is 15.2. The van der Waals surface area contributed by atoms with Crippen LogP contribution >= 0.6 is 0 Å². The fourth-order valence-corrected chi connectivity index (χ4v) is 3.37. The molecule has 4 heteroatoms. The van der Waals surface area contributed by atoms with Crippen molar-refractivity contribution in [3.63, 3.8) is 0 Å². The van der Waals surface area contributed by atoms with Crippen LogP contribution in [0.1, 0.15) is 18.9 Å². The molecule has 1 fully saturated rings. The van der Waals surface area contributed by atoms with E-state index in [1.165, 1.54) is 11.3 Å². The fourth-order valence-electron chi connectivity index (χ4n) is 3.37. The van der Waals surface area contributed by atoms with Gasteiger partial charge in [-0.05, 0) is 56.1 Å². The van der Waals surface area contributed by atoms with Crippen molar-refractivity contribution in [2.24, 2.45) is 0 Å². The Morgan fingerprint density at radius 2 is 1.68 bits per heavy atom. The minimum Gasteiger partial charge on any atom is -0.492 e. The second-order valence-corrected chi connectivity index (χ2v) is 6.46. The first kappa shape index (κ1) is 17.7. The zero-order valence-electron chi connectivity index (χ0n) is 15.0. The first-order valence-electron chi connectivity index (χ1n) is 9.20. The van der Waals surface area contributed by atoms with Gasteiger partial charge in [-0.2, -0.15) is 0 Å². The van der Waals surface area contributed by atoms with E-state index in [0.717, 1.165) is 51.3 Å². The fraction of sp³-hybridized carbons (Fsp3) is 0.429. The highest BCUT2D eigenvalue weighted by Gasteiger charge is 2.19. The summed E-state index contributed by atoms with van der Waals surface area (Å²) in [6.07, 6.45) is 2.12. The van der Waals surface area contributed by atoms with Crippen LogP contribution < -0.4 is 9.64 Å². The van der Waals surface area contributed by atoms with Gasteiger partial charge in [0.05, 0.1) is 12.3 Å². The van der Waals surface area contributed by atoms with Crippen molar-refractivity contribution in [3.05, 3.63) is 59.9 Å². The number of rotatable bonds is 7. The summed E-state index contributed by atoms with van der Waals surface area (Å²) in [5.74, 6) is 0.821. The predicted molar refractivity (Wildman–Crippen MR) is 101 cm³/mol. The highest BCUT2D eigenvalue weighted by Crippen LogP contribution is 2.28. The lowest BCUT2D eigenvalue weighted by Gasteiger charge is -2.36. The van der Waals surface area contributed by atoms with Gasteiger partial charge in [-0.15, -0.1) is 0 Å². The molecule has 1 aliphatic heterocycles. The molecule has 3 nitrogen and oxygen atoms in total. The van der Waals surface area contributed by atoms with Crippen molar-refractivity contribution in [1.29, 1.82) is 0 Å². The van der Waals surface area contributed by atoms with Crippen LogP contribution in [0.25, 0.3) is 0 Å². The molecule has 0 atom stereocenters. The Bertz CT molecular complexity index is 651. The quantitative estimate of drug-likeness (QED) is 0.757. The van der Waals surface area contributed by atoms with Gasteiger partial charge in [-0.25, -0.2) is 4.39 Å². The van der Waals surface area contributed by atoms with Gasteiger partial charge in [-0.1, -0.05) is 24.3 Å². The number of hydrogen-bond donors (Lipinski definition) is 0. The third kappa shape index (κ3) is 4.95. The molecule has 2 aromatic rings. The van der Waals surface area contributed by atoms with Crippen LogP contribution in [0.2, 0.25) is 0 Å². The van der Waals surface area contributed by atoms with Gasteiger partial charge >= 0.3 is 0 Å². The van der Waals surface area contributed by atoms with E-state index in [2.05, 4.69) is 21.9 Å². The normalized spacial score (nSPS) is 15.4. The highest BCUT2D eigenvalue weighted by molar-refractivity contribution is 5.58. The maximum Gasteiger partial charge on any atom is 0.142 e. The topological polar surface area (TPSA) is 15.7 Å². The maximum absolute atomic E-state index is 12.9. The monoisotopic (exact) mass is 342 g/mol. The van der Waals surface area contributed by atoms with Crippen LogP contribution in [0.15, 0.2) is 48.5 Å². The summed E-state index contributed by atoms with van der Waals surface area (Å²) < 4.78 is 18.7. The average Bonchev–Trinajstić information content (AvgIpc) is 2.65. The molecule has 25 heavy (non-hydrogen) atoms. The zero-order valence-corrected chi connectivity index (χ0v) is 15.0. The number of ether oxygens (including phenoxy) is 1. The van der Waals surface area contributed by atoms with E-state index < -0.39 is 0 Å². The highest BCUT2D eigenvalue weighted by atomic mass is 19.1. The Morgan fingerprint density at radius 1 is 0.960 bits per heavy atom. The summed E-state index contributed by atoms with van der Waals surface area (Å²) >= 11 is 0. The number of hydrogen-bond acceptors (Lipinski definition) is 3. The average molecular weight is 342 g/mol. The summed E-state index contributed by atoms with van der Waals surface area (Å²) in [7, 11) is 0. The summed E-state index contributed by atoms with van der Waals surface area (Å²) in [5, 5.41) is 0. The third-order valence-corrected chi connectivity index (χ3v) is 4.73. The molecule has 2 aromatic carbocycles. The Hall–Kier alpha value is -2.07. The zero-order chi connectivity index (χ0) is 17.5. The Labute approximate surface area is 150 Å². The van der Waals surface area contributed by atoms with E-state index in [9.17, 15) is 4.39 Å². The van der Waals surface area contributed by atoms with Gasteiger partial charge in [0.15, 0.2) is 0 Å². The van der Waals surface area contributed by atoms with E-state index in [0.29, 0.717) is 6.61 Å². The molecule has 0 aromatic heterocycles. The molecule has 1 heterocycles. The Morgan fingerprint density at radius 3 is 2.40 bits per heavy atom. The second kappa shape index (κ2) is 8.86. The smallest absolute Gasteiger partial charge is 0.142 e. The minimum atomic E-state index is -0.160. The lowest BCUT2D eigenvalue weighted by atomic mass is 10.1. The minimum absolute atomic E-state index is 0.160. The van der Waals surface area contributed by atoms with Crippen LogP contribution in [0.5, 0.6) is 5.75 Å². The van der Waals surface area contributed by atoms with Gasteiger partial charge in [0.1, 0.15) is 11.6 Å². The van der Waals surface area contributed by atoms with Crippen LogP contribution in [-0.4, -0.2) is 44.2 Å². The third-order valence-electron chi connectivity index (χ3n) is 4.73. The molecular formula is C21H27FN2O. The van der Waals surface area contributed by atoms with Crippen molar-refractivity contribution in [1.82, 2.24) is 4.90 Å². The molecule has 0 unspecified atom stereocenters. The summed E-state index contributed by atoms with van der Waals surface area (Å²) in [4.78, 5) is 4.94. The van der Waals surface area contributed by atoms with Crippen molar-refractivity contribution in [2.75, 3.05) is 44.2 Å². The summed E-state index contributed by atoms with van der Waals surface area (Å²) in [5.41, 5.74) is 2.42. The van der Waals surface area contributed by atoms with Crippen LogP contribution in [0, 0.1) is 5.82 Å². The number of aryl methyl sites for hydroxylation is 1. The molecule has 1 saturated heterocycles. The molecule has 134 valence electrons. The van der Waals surface area contributed by atoms with Gasteiger partial charge in [0.2, 0.25) is 0 Å². The van der Waals surface area contributed by atoms with Crippen LogP contribution in [0.4, 0.5) is 10.1 Å². The standard InChI is InChI=1S/C21H27FN2O/c1-2-25-21-8-4-3-7-20(21)24-16-14-23(15-17-24)13-5-6-18-9-11-19(22)12-10-18/h3-4,7-12H,2,5-6,13-17H2,1H3. The number of piperazine rings is 1. The van der Waals surface area contributed by atoms with Crippen LogP contribution in [-0.2, 0) is 6.42 Å². The number of benzene rings is 2. The maximum atomic E-state index is 12.9. The predicted octanol–water partition coefficient (Wildman–Crippen LogP) is 3.98. The first-order chi connectivity index (χ1) is 12.3. The Balaban J connectivity index is 1.45. The van der Waals surface area contributed by atoms with Crippen LogP contribution in [0.3, 0.4) is 0 Å². The SMILES string of the molecule is CCOc1ccccc1N1CCN(CCCc2ccc(F)cc2)CC1. The van der Waals surface area contributed by atoms with Gasteiger partial charge in [0, 0.05) is 26.2 Å². The molecule has 0 bridgehead atoms. The number of anilines is 1. The van der Waals surface area contributed by atoms with E-state index in [-0.39, 0.29) is 5.82 Å². The molecular weight excluding hydrogens is 315 g/mol. The van der Waals surface area contributed by atoms with Crippen molar-refractivity contribution >= 4 is 5.69 Å². The van der Waals surface area contributed by atoms with Gasteiger partial charge in [-0.3, -0.25) is 4.90 Å². The molecule has 0 aliphatic carbocycles. The summed E-state index contributed by atoms with van der Waals surface area (Å²) in [6.45, 7) is 8.02.